The Kier molecular flexibility index (Phi) is 3.23. The van der Waals surface area contributed by atoms with Crippen molar-refractivity contribution in [3.8, 4) is 0 Å². The van der Waals surface area contributed by atoms with Crippen molar-refractivity contribution in [1.29, 1.82) is 0 Å². The standard InChI is InChI=1S/C13H16N4O2S/c1-10-15-9-13(16-10)20(18,19)17-7-6-14-8-11-4-2-3-5-12(11)17/h2-5,9,14H,6-8H2,1H3,(H,15,16). The molecule has 0 atom stereocenters. The molecular formula is C13H16N4O2S. The van der Waals surface area contributed by atoms with Crippen LogP contribution in [0.3, 0.4) is 0 Å². The van der Waals surface area contributed by atoms with Crippen LogP contribution in [-0.4, -0.2) is 31.5 Å². The molecule has 20 heavy (non-hydrogen) atoms. The first kappa shape index (κ1) is 13.1. The van der Waals surface area contributed by atoms with Gasteiger partial charge in [0, 0.05) is 19.6 Å². The van der Waals surface area contributed by atoms with E-state index in [4.69, 9.17) is 0 Å². The van der Waals surface area contributed by atoms with Crippen molar-refractivity contribution in [1.82, 2.24) is 15.3 Å². The van der Waals surface area contributed by atoms with Gasteiger partial charge in [-0.1, -0.05) is 18.2 Å². The Morgan fingerprint density at radius 1 is 1.30 bits per heavy atom. The lowest BCUT2D eigenvalue weighted by atomic mass is 10.2. The fourth-order valence-electron chi connectivity index (χ4n) is 2.33. The zero-order chi connectivity index (χ0) is 14.2. The molecule has 6 nitrogen and oxygen atoms in total. The number of H-pyrrole nitrogens is 1. The lowest BCUT2D eigenvalue weighted by Crippen LogP contribution is -2.35. The number of benzene rings is 1. The first-order valence-electron chi connectivity index (χ1n) is 6.42. The van der Waals surface area contributed by atoms with Crippen molar-refractivity contribution in [2.45, 2.75) is 18.5 Å². The van der Waals surface area contributed by atoms with Gasteiger partial charge < -0.3 is 10.3 Å². The highest BCUT2D eigenvalue weighted by Gasteiger charge is 2.29. The molecule has 0 amide bonds. The molecule has 106 valence electrons. The van der Waals surface area contributed by atoms with E-state index in [1.54, 1.807) is 6.92 Å². The van der Waals surface area contributed by atoms with Gasteiger partial charge in [-0.05, 0) is 18.6 Å². The van der Waals surface area contributed by atoms with Crippen molar-refractivity contribution < 1.29 is 8.42 Å². The Hall–Kier alpha value is -1.86. The van der Waals surface area contributed by atoms with Crippen molar-refractivity contribution in [3.63, 3.8) is 0 Å². The zero-order valence-electron chi connectivity index (χ0n) is 11.1. The maximum atomic E-state index is 12.7. The number of rotatable bonds is 2. The lowest BCUT2D eigenvalue weighted by molar-refractivity contribution is 0.586. The van der Waals surface area contributed by atoms with Crippen LogP contribution < -0.4 is 9.62 Å². The number of nitrogens with zero attached hydrogens (tertiary/aromatic N) is 2. The second kappa shape index (κ2) is 4.92. The minimum absolute atomic E-state index is 0.131. The van der Waals surface area contributed by atoms with Crippen LogP contribution in [0.5, 0.6) is 0 Å². The van der Waals surface area contributed by atoms with E-state index in [1.165, 1.54) is 10.5 Å². The maximum Gasteiger partial charge on any atom is 0.281 e. The van der Waals surface area contributed by atoms with Crippen LogP contribution in [0.15, 0.2) is 35.5 Å². The highest BCUT2D eigenvalue weighted by molar-refractivity contribution is 7.92. The monoisotopic (exact) mass is 292 g/mol. The van der Waals surface area contributed by atoms with Crippen LogP contribution in [0.4, 0.5) is 5.69 Å². The minimum Gasteiger partial charge on any atom is -0.332 e. The van der Waals surface area contributed by atoms with E-state index in [0.717, 1.165) is 11.3 Å². The highest BCUT2D eigenvalue weighted by atomic mass is 32.2. The SMILES string of the molecule is Cc1ncc(S(=O)(=O)N2CCNCc3ccccc32)[nH]1. The van der Waals surface area contributed by atoms with Gasteiger partial charge >= 0.3 is 0 Å². The molecule has 0 bridgehead atoms. The molecule has 1 aromatic carbocycles. The number of para-hydroxylation sites is 1. The van der Waals surface area contributed by atoms with E-state index >= 15 is 0 Å². The highest BCUT2D eigenvalue weighted by Crippen LogP contribution is 2.27. The molecule has 1 aliphatic rings. The van der Waals surface area contributed by atoms with Crippen molar-refractivity contribution in [2.75, 3.05) is 17.4 Å². The quantitative estimate of drug-likeness (QED) is 0.866. The Bertz CT molecular complexity index is 723. The Balaban J connectivity index is 2.09. The number of aromatic nitrogens is 2. The summed E-state index contributed by atoms with van der Waals surface area (Å²) in [6.45, 7) is 3.42. The smallest absolute Gasteiger partial charge is 0.281 e. The number of anilines is 1. The summed E-state index contributed by atoms with van der Waals surface area (Å²) in [6.07, 6.45) is 1.37. The number of sulfonamides is 1. The Labute approximate surface area is 117 Å². The average molecular weight is 292 g/mol. The minimum atomic E-state index is -3.60. The van der Waals surface area contributed by atoms with E-state index < -0.39 is 10.0 Å². The van der Waals surface area contributed by atoms with E-state index in [1.807, 2.05) is 24.3 Å². The summed E-state index contributed by atoms with van der Waals surface area (Å²) in [5, 5.41) is 3.36. The summed E-state index contributed by atoms with van der Waals surface area (Å²) in [7, 11) is -3.60. The van der Waals surface area contributed by atoms with Gasteiger partial charge in [0.15, 0.2) is 5.03 Å². The van der Waals surface area contributed by atoms with Gasteiger partial charge in [0.25, 0.3) is 10.0 Å². The number of fused-ring (bicyclic) bond motifs is 1. The Morgan fingerprint density at radius 3 is 2.85 bits per heavy atom. The van der Waals surface area contributed by atoms with Crippen LogP contribution in [0.25, 0.3) is 0 Å². The number of aryl methyl sites for hydroxylation is 1. The fourth-order valence-corrected chi connectivity index (χ4v) is 3.79. The first-order chi connectivity index (χ1) is 9.59. The molecule has 0 unspecified atom stereocenters. The maximum absolute atomic E-state index is 12.7. The third-order valence-electron chi connectivity index (χ3n) is 3.32. The molecular weight excluding hydrogens is 276 g/mol. The normalized spacial score (nSPS) is 15.8. The summed E-state index contributed by atoms with van der Waals surface area (Å²) >= 11 is 0. The van der Waals surface area contributed by atoms with Gasteiger partial charge in [-0.3, -0.25) is 4.31 Å². The lowest BCUT2D eigenvalue weighted by Gasteiger charge is -2.23. The molecule has 0 radical (unpaired) electrons. The third-order valence-corrected chi connectivity index (χ3v) is 5.04. The largest absolute Gasteiger partial charge is 0.332 e. The van der Waals surface area contributed by atoms with Crippen LogP contribution in [0.1, 0.15) is 11.4 Å². The summed E-state index contributed by atoms with van der Waals surface area (Å²) < 4.78 is 26.9. The number of nitrogens with one attached hydrogen (secondary N) is 2. The number of hydrogen-bond acceptors (Lipinski definition) is 4. The second-order valence-electron chi connectivity index (χ2n) is 4.72. The third kappa shape index (κ3) is 2.19. The Morgan fingerprint density at radius 2 is 2.10 bits per heavy atom. The van der Waals surface area contributed by atoms with E-state index in [9.17, 15) is 8.42 Å². The molecule has 2 N–H and O–H groups in total. The van der Waals surface area contributed by atoms with E-state index in [-0.39, 0.29) is 5.03 Å². The second-order valence-corrected chi connectivity index (χ2v) is 6.55. The summed E-state index contributed by atoms with van der Waals surface area (Å²) in [5.41, 5.74) is 1.70. The molecule has 1 aliphatic heterocycles. The van der Waals surface area contributed by atoms with Crippen molar-refractivity contribution in [2.24, 2.45) is 0 Å². The number of aromatic amines is 1. The van der Waals surface area contributed by atoms with Crippen LogP contribution in [-0.2, 0) is 16.6 Å². The zero-order valence-corrected chi connectivity index (χ0v) is 11.9. The molecule has 0 aliphatic carbocycles. The molecule has 0 saturated heterocycles. The van der Waals surface area contributed by atoms with Crippen molar-refractivity contribution >= 4 is 15.7 Å². The van der Waals surface area contributed by atoms with Crippen LogP contribution >= 0.6 is 0 Å². The summed E-state index contributed by atoms with van der Waals surface area (Å²) in [5.74, 6) is 0.588. The molecule has 2 heterocycles. The van der Waals surface area contributed by atoms with E-state index in [2.05, 4.69) is 15.3 Å². The van der Waals surface area contributed by atoms with Crippen LogP contribution in [0.2, 0.25) is 0 Å². The molecule has 0 fully saturated rings. The first-order valence-corrected chi connectivity index (χ1v) is 7.86. The number of imidazole rings is 1. The molecule has 2 aromatic rings. The molecule has 0 saturated carbocycles. The van der Waals surface area contributed by atoms with Gasteiger partial charge in [0.1, 0.15) is 5.82 Å². The van der Waals surface area contributed by atoms with Gasteiger partial charge in [-0.25, -0.2) is 4.98 Å². The molecule has 3 rings (SSSR count). The van der Waals surface area contributed by atoms with Crippen LogP contribution in [0, 0.1) is 6.92 Å². The average Bonchev–Trinajstić information content (AvgIpc) is 2.75. The predicted molar refractivity (Wildman–Crippen MR) is 76.0 cm³/mol. The van der Waals surface area contributed by atoms with Gasteiger partial charge in [-0.2, -0.15) is 8.42 Å². The predicted octanol–water partition coefficient (Wildman–Crippen LogP) is 1.02. The van der Waals surface area contributed by atoms with Gasteiger partial charge in [-0.15, -0.1) is 0 Å². The fraction of sp³-hybridized carbons (Fsp3) is 0.308. The van der Waals surface area contributed by atoms with Gasteiger partial charge in [0.05, 0.1) is 11.9 Å². The van der Waals surface area contributed by atoms with E-state index in [0.29, 0.717) is 25.5 Å². The summed E-state index contributed by atoms with van der Waals surface area (Å²) in [6, 6.07) is 7.54. The molecule has 7 heteroatoms. The topological polar surface area (TPSA) is 78.1 Å². The van der Waals surface area contributed by atoms with Crippen molar-refractivity contribution in [3.05, 3.63) is 41.9 Å². The molecule has 0 spiro atoms. The van der Waals surface area contributed by atoms with Gasteiger partial charge in [0.2, 0.25) is 0 Å². The molecule has 1 aromatic heterocycles. The summed E-state index contributed by atoms with van der Waals surface area (Å²) in [4.78, 5) is 6.78. The number of hydrogen-bond donors (Lipinski definition) is 2.